The smallest absolute Gasteiger partial charge is 0.0701 e. The van der Waals surface area contributed by atoms with Crippen molar-refractivity contribution in [1.82, 2.24) is 0 Å². The summed E-state index contributed by atoms with van der Waals surface area (Å²) in [5.74, 6) is 0.669. The van der Waals surface area contributed by atoms with Crippen molar-refractivity contribution in [3.63, 3.8) is 0 Å². The van der Waals surface area contributed by atoms with E-state index in [1.807, 2.05) is 0 Å². The van der Waals surface area contributed by atoms with Gasteiger partial charge in [-0.25, -0.2) is 0 Å². The molecule has 0 radical (unpaired) electrons. The molecule has 9 heteroatoms. The fourth-order valence-electron chi connectivity index (χ4n) is 2.67. The van der Waals surface area contributed by atoms with Gasteiger partial charge in [-0.2, -0.15) is 0 Å². The predicted octanol–water partition coefficient (Wildman–Crippen LogP) is 1.94. The summed E-state index contributed by atoms with van der Waals surface area (Å²) in [5.41, 5.74) is 0. The molecule has 0 aromatic rings. The van der Waals surface area contributed by atoms with Gasteiger partial charge in [-0.05, 0) is 12.3 Å². The maximum absolute atomic E-state index is 8.55. The van der Waals surface area contributed by atoms with Crippen molar-refractivity contribution < 1.29 is 43.0 Å². The van der Waals surface area contributed by atoms with Gasteiger partial charge in [-0.1, -0.05) is 26.7 Å². The highest BCUT2D eigenvalue weighted by molar-refractivity contribution is 4.54. The first kappa shape index (κ1) is 31.6. The largest absolute Gasteiger partial charge is 0.394 e. The molecule has 1 unspecified atom stereocenters. The van der Waals surface area contributed by atoms with E-state index in [0.29, 0.717) is 105 Å². The van der Waals surface area contributed by atoms with Crippen LogP contribution in [-0.4, -0.2) is 117 Å². The lowest BCUT2D eigenvalue weighted by Gasteiger charge is -2.14. The average molecular weight is 469 g/mol. The Kier molecular flexibility index (Phi) is 28.4. The zero-order valence-corrected chi connectivity index (χ0v) is 20.4. The first-order chi connectivity index (χ1) is 15.8. The fourth-order valence-corrected chi connectivity index (χ4v) is 2.67. The number of hydrogen-bond acceptors (Lipinski definition) is 9. The quantitative estimate of drug-likeness (QED) is 0.173. The second-order valence-corrected chi connectivity index (χ2v) is 7.15. The van der Waals surface area contributed by atoms with Crippen LogP contribution in [0.2, 0.25) is 0 Å². The number of aliphatic hydroxyl groups excluding tert-OH is 1. The van der Waals surface area contributed by atoms with Crippen LogP contribution in [0.4, 0.5) is 0 Å². The molecule has 0 amide bonds. The third-order valence-electron chi connectivity index (χ3n) is 4.47. The van der Waals surface area contributed by atoms with Crippen molar-refractivity contribution in [1.29, 1.82) is 0 Å². The van der Waals surface area contributed by atoms with Gasteiger partial charge in [0.15, 0.2) is 0 Å². The van der Waals surface area contributed by atoms with E-state index in [1.165, 1.54) is 19.3 Å². The highest BCUT2D eigenvalue weighted by Crippen LogP contribution is 2.10. The molecule has 1 N–H and O–H groups in total. The minimum absolute atomic E-state index is 0.0346. The van der Waals surface area contributed by atoms with Gasteiger partial charge in [-0.15, -0.1) is 0 Å². The van der Waals surface area contributed by atoms with Crippen LogP contribution in [-0.2, 0) is 37.9 Å². The molecule has 0 fully saturated rings. The molecule has 0 rings (SSSR count). The Labute approximate surface area is 194 Å². The van der Waals surface area contributed by atoms with E-state index in [9.17, 15) is 0 Å². The SMILES string of the molecule is CCCC(CC)COCCOCCOCCOCCOCCOCCOCCOCCO. The molecule has 32 heavy (non-hydrogen) atoms. The predicted molar refractivity (Wildman–Crippen MR) is 122 cm³/mol. The van der Waals surface area contributed by atoms with Gasteiger partial charge in [0.1, 0.15) is 0 Å². The van der Waals surface area contributed by atoms with Gasteiger partial charge in [0.05, 0.1) is 106 Å². The number of rotatable bonds is 28. The molecule has 9 nitrogen and oxygen atoms in total. The van der Waals surface area contributed by atoms with E-state index in [1.54, 1.807) is 0 Å². The van der Waals surface area contributed by atoms with Gasteiger partial charge < -0.3 is 43.0 Å². The summed E-state index contributed by atoms with van der Waals surface area (Å²) in [7, 11) is 0. The Morgan fingerprint density at radius 3 is 1.06 bits per heavy atom. The fraction of sp³-hybridized carbons (Fsp3) is 1.00. The Morgan fingerprint density at radius 2 is 0.781 bits per heavy atom. The summed E-state index contributed by atoms with van der Waals surface area (Å²) < 4.78 is 43.3. The Bertz CT molecular complexity index is 335. The summed E-state index contributed by atoms with van der Waals surface area (Å²) in [6.07, 6.45) is 3.61. The van der Waals surface area contributed by atoms with Crippen LogP contribution in [0.5, 0.6) is 0 Å². The zero-order valence-electron chi connectivity index (χ0n) is 20.4. The average Bonchev–Trinajstić information content (AvgIpc) is 2.81. The third kappa shape index (κ3) is 25.9. The molecule has 0 heterocycles. The monoisotopic (exact) mass is 468 g/mol. The van der Waals surface area contributed by atoms with Crippen LogP contribution in [0, 0.1) is 5.92 Å². The van der Waals surface area contributed by atoms with Crippen LogP contribution in [0.1, 0.15) is 33.1 Å². The molecule has 0 spiro atoms. The van der Waals surface area contributed by atoms with Crippen molar-refractivity contribution in [2.75, 3.05) is 112 Å². The van der Waals surface area contributed by atoms with E-state index < -0.39 is 0 Å². The van der Waals surface area contributed by atoms with Gasteiger partial charge in [-0.3, -0.25) is 0 Å². The molecule has 194 valence electrons. The highest BCUT2D eigenvalue weighted by Gasteiger charge is 2.04. The molecule has 0 aromatic carbocycles. The van der Waals surface area contributed by atoms with E-state index in [4.69, 9.17) is 43.0 Å². The number of aliphatic hydroxyl groups is 1. The number of hydrogen-bond donors (Lipinski definition) is 1. The minimum Gasteiger partial charge on any atom is -0.394 e. The van der Waals surface area contributed by atoms with Crippen molar-refractivity contribution in [3.8, 4) is 0 Å². The summed E-state index contributed by atoms with van der Waals surface area (Å²) in [5, 5.41) is 8.55. The maximum atomic E-state index is 8.55. The van der Waals surface area contributed by atoms with E-state index >= 15 is 0 Å². The zero-order chi connectivity index (χ0) is 23.4. The van der Waals surface area contributed by atoms with Crippen molar-refractivity contribution in [3.05, 3.63) is 0 Å². The summed E-state index contributed by atoms with van der Waals surface area (Å²) in [6.45, 7) is 13.2. The molecule has 0 saturated heterocycles. The third-order valence-corrected chi connectivity index (χ3v) is 4.47. The second kappa shape index (κ2) is 28.7. The van der Waals surface area contributed by atoms with Crippen LogP contribution >= 0.6 is 0 Å². The molecule has 0 aliphatic rings. The first-order valence-electron chi connectivity index (χ1n) is 12.1. The topological polar surface area (TPSA) is 94.1 Å². The minimum atomic E-state index is 0.0346. The first-order valence-corrected chi connectivity index (χ1v) is 12.1. The molecule has 0 bridgehead atoms. The van der Waals surface area contributed by atoms with Crippen LogP contribution in [0.25, 0.3) is 0 Å². The molecular weight excluding hydrogens is 420 g/mol. The van der Waals surface area contributed by atoms with E-state index in [0.717, 1.165) is 6.61 Å². The molecule has 0 saturated carbocycles. The maximum Gasteiger partial charge on any atom is 0.0701 e. The highest BCUT2D eigenvalue weighted by atomic mass is 16.6. The van der Waals surface area contributed by atoms with Crippen molar-refractivity contribution >= 4 is 0 Å². The van der Waals surface area contributed by atoms with Crippen LogP contribution in [0.3, 0.4) is 0 Å². The standard InChI is InChI=1S/C23H48O9/c1-3-5-23(4-2)22-32-21-20-31-19-18-30-17-16-29-15-14-28-13-12-27-11-10-26-9-8-25-7-6-24/h23-24H,3-22H2,1-2H3. The Balaban J connectivity index is 3.06. The summed E-state index contributed by atoms with van der Waals surface area (Å²) >= 11 is 0. The Morgan fingerprint density at radius 1 is 0.469 bits per heavy atom. The summed E-state index contributed by atoms with van der Waals surface area (Å²) in [6, 6.07) is 0. The normalized spacial score (nSPS) is 12.5. The lowest BCUT2D eigenvalue weighted by Crippen LogP contribution is -2.15. The molecule has 0 aromatic heterocycles. The van der Waals surface area contributed by atoms with Crippen LogP contribution in [0.15, 0.2) is 0 Å². The lowest BCUT2D eigenvalue weighted by atomic mass is 10.0. The molecule has 0 aliphatic heterocycles. The molecule has 1 atom stereocenters. The van der Waals surface area contributed by atoms with E-state index in [-0.39, 0.29) is 6.61 Å². The van der Waals surface area contributed by atoms with Gasteiger partial charge >= 0.3 is 0 Å². The summed E-state index contributed by atoms with van der Waals surface area (Å²) in [4.78, 5) is 0. The van der Waals surface area contributed by atoms with E-state index in [2.05, 4.69) is 13.8 Å². The Hall–Kier alpha value is -0.360. The van der Waals surface area contributed by atoms with Gasteiger partial charge in [0.25, 0.3) is 0 Å². The lowest BCUT2D eigenvalue weighted by molar-refractivity contribution is -0.0246. The van der Waals surface area contributed by atoms with Crippen molar-refractivity contribution in [2.24, 2.45) is 5.92 Å². The molecular formula is C23H48O9. The van der Waals surface area contributed by atoms with Crippen molar-refractivity contribution in [2.45, 2.75) is 33.1 Å². The van der Waals surface area contributed by atoms with Gasteiger partial charge in [0.2, 0.25) is 0 Å². The van der Waals surface area contributed by atoms with Crippen LogP contribution < -0.4 is 0 Å². The van der Waals surface area contributed by atoms with Gasteiger partial charge in [0, 0.05) is 6.61 Å². The molecule has 0 aliphatic carbocycles. The second-order valence-electron chi connectivity index (χ2n) is 7.15. The number of ether oxygens (including phenoxy) is 8.